The van der Waals surface area contributed by atoms with Crippen molar-refractivity contribution >= 4 is 15.9 Å². The first-order valence-electron chi connectivity index (χ1n) is 8.76. The largest absolute Gasteiger partial charge is 0.419 e. The van der Waals surface area contributed by atoms with Gasteiger partial charge in [-0.1, -0.05) is 30.3 Å². The fourth-order valence-electron chi connectivity index (χ4n) is 3.20. The molecular formula is C19H15F5N4O3S. The van der Waals surface area contributed by atoms with Crippen molar-refractivity contribution in [2.75, 3.05) is 0 Å². The van der Waals surface area contributed by atoms with Crippen LogP contribution in [0.15, 0.2) is 59.8 Å². The average Bonchev–Trinajstić information content (AvgIpc) is 3.18. The molecule has 0 fully saturated rings. The molecule has 32 heavy (non-hydrogen) atoms. The van der Waals surface area contributed by atoms with Crippen LogP contribution in [0.1, 0.15) is 34.6 Å². The molecule has 3 aromatic rings. The second kappa shape index (κ2) is 8.31. The highest BCUT2D eigenvalue weighted by atomic mass is 32.2. The van der Waals surface area contributed by atoms with Crippen molar-refractivity contribution in [3.8, 4) is 5.69 Å². The summed E-state index contributed by atoms with van der Waals surface area (Å²) >= 11 is 0. The number of nitrogens with two attached hydrogens (primary N) is 2. The van der Waals surface area contributed by atoms with Gasteiger partial charge in [0, 0.05) is 11.8 Å². The van der Waals surface area contributed by atoms with Crippen LogP contribution in [0.25, 0.3) is 5.69 Å². The third-order valence-corrected chi connectivity index (χ3v) is 5.55. The first-order chi connectivity index (χ1) is 14.8. The Labute approximate surface area is 178 Å². The Kier molecular flexibility index (Phi) is 6.07. The van der Waals surface area contributed by atoms with Crippen LogP contribution >= 0.6 is 0 Å². The van der Waals surface area contributed by atoms with Crippen LogP contribution in [0.5, 0.6) is 0 Å². The number of hydrogen-bond donors (Lipinski definition) is 2. The normalized spacial score (nSPS) is 13.3. The fraction of sp³-hybridized carbons (Fsp3) is 0.158. The zero-order valence-corrected chi connectivity index (χ0v) is 16.7. The maximum atomic E-state index is 13.4. The van der Waals surface area contributed by atoms with E-state index in [2.05, 4.69) is 5.10 Å². The standard InChI is InChI=1S/C19H15F5N4O3S/c20-17(21)13-4-2-1-3-12(13)16(18(25)29)10-5-6-14(15(7-10)32(26,30)31)28-9-11(8-27-28)19(22,23)24/h1-9,16-17H,(H2,25,29)(H2,26,30,31). The van der Waals surface area contributed by atoms with E-state index in [1.165, 1.54) is 24.3 Å². The number of benzene rings is 2. The molecule has 0 bridgehead atoms. The Bertz CT molecular complexity index is 1270. The van der Waals surface area contributed by atoms with Gasteiger partial charge in [-0.25, -0.2) is 27.0 Å². The summed E-state index contributed by atoms with van der Waals surface area (Å²) in [6.45, 7) is 0. The minimum absolute atomic E-state index is 0.0958. The number of aromatic nitrogens is 2. The smallest absolute Gasteiger partial charge is 0.369 e. The number of carbonyl (C=O) groups is 1. The third-order valence-electron chi connectivity index (χ3n) is 4.61. The number of primary amides is 1. The van der Waals surface area contributed by atoms with Gasteiger partial charge in [-0.15, -0.1) is 0 Å². The zero-order valence-electron chi connectivity index (χ0n) is 15.9. The lowest BCUT2D eigenvalue weighted by Gasteiger charge is -2.19. The molecule has 170 valence electrons. The predicted octanol–water partition coefficient (Wildman–Crippen LogP) is 3.09. The number of hydrogen-bond acceptors (Lipinski definition) is 4. The summed E-state index contributed by atoms with van der Waals surface area (Å²) in [7, 11) is -4.54. The summed E-state index contributed by atoms with van der Waals surface area (Å²) in [5, 5.41) is 8.74. The molecule has 2 aromatic carbocycles. The molecule has 1 amide bonds. The van der Waals surface area contributed by atoms with E-state index in [1.54, 1.807) is 0 Å². The van der Waals surface area contributed by atoms with E-state index in [-0.39, 0.29) is 16.8 Å². The number of carbonyl (C=O) groups excluding carboxylic acids is 1. The summed E-state index contributed by atoms with van der Waals surface area (Å²) in [6.07, 6.45) is -6.63. The van der Waals surface area contributed by atoms with Crippen LogP contribution < -0.4 is 10.9 Å². The van der Waals surface area contributed by atoms with E-state index in [0.717, 1.165) is 18.2 Å². The van der Waals surface area contributed by atoms with Gasteiger partial charge >= 0.3 is 6.18 Å². The Morgan fingerprint density at radius 2 is 1.69 bits per heavy atom. The highest BCUT2D eigenvalue weighted by Gasteiger charge is 2.33. The van der Waals surface area contributed by atoms with Gasteiger partial charge in [0.25, 0.3) is 6.43 Å². The lowest BCUT2D eigenvalue weighted by atomic mass is 9.87. The summed E-state index contributed by atoms with van der Waals surface area (Å²) in [5.41, 5.74) is 3.22. The van der Waals surface area contributed by atoms with Gasteiger partial charge in [0.1, 0.15) is 4.90 Å². The van der Waals surface area contributed by atoms with Gasteiger partial charge in [-0.05, 0) is 23.3 Å². The van der Waals surface area contributed by atoms with Gasteiger partial charge < -0.3 is 5.73 Å². The molecular weight excluding hydrogens is 459 g/mol. The van der Waals surface area contributed by atoms with Gasteiger partial charge in [0.15, 0.2) is 0 Å². The molecule has 0 radical (unpaired) electrons. The molecule has 0 saturated carbocycles. The molecule has 0 saturated heterocycles. The number of halogens is 5. The highest BCUT2D eigenvalue weighted by Crippen LogP contribution is 2.35. The summed E-state index contributed by atoms with van der Waals surface area (Å²) in [5.74, 6) is -2.53. The van der Waals surface area contributed by atoms with Crippen LogP contribution in [-0.2, 0) is 21.0 Å². The first kappa shape index (κ1) is 23.3. The molecule has 1 heterocycles. The molecule has 3 rings (SSSR count). The number of amides is 1. The number of rotatable bonds is 6. The quantitative estimate of drug-likeness (QED) is 0.533. The number of alkyl halides is 5. The topological polar surface area (TPSA) is 121 Å². The fourth-order valence-corrected chi connectivity index (χ4v) is 3.95. The van der Waals surface area contributed by atoms with E-state index in [1.807, 2.05) is 0 Å². The van der Waals surface area contributed by atoms with Crippen molar-refractivity contribution in [2.45, 2.75) is 23.4 Å². The van der Waals surface area contributed by atoms with Crippen molar-refractivity contribution in [2.24, 2.45) is 10.9 Å². The minimum atomic E-state index is -4.73. The number of primary sulfonamides is 1. The van der Waals surface area contributed by atoms with E-state index >= 15 is 0 Å². The van der Waals surface area contributed by atoms with Crippen LogP contribution in [0.2, 0.25) is 0 Å². The average molecular weight is 474 g/mol. The van der Waals surface area contributed by atoms with Crippen molar-refractivity contribution in [1.29, 1.82) is 0 Å². The van der Waals surface area contributed by atoms with E-state index < -0.39 is 50.5 Å². The molecule has 0 spiro atoms. The summed E-state index contributed by atoms with van der Waals surface area (Å²) in [4.78, 5) is 11.5. The van der Waals surface area contributed by atoms with Gasteiger partial charge in [0.05, 0.1) is 23.4 Å². The molecule has 7 nitrogen and oxygen atoms in total. The Hall–Kier alpha value is -3.32. The van der Waals surface area contributed by atoms with Gasteiger partial charge in [-0.3, -0.25) is 4.79 Å². The van der Waals surface area contributed by atoms with Crippen molar-refractivity contribution in [1.82, 2.24) is 9.78 Å². The highest BCUT2D eigenvalue weighted by molar-refractivity contribution is 7.89. The maximum absolute atomic E-state index is 13.4. The predicted molar refractivity (Wildman–Crippen MR) is 102 cm³/mol. The van der Waals surface area contributed by atoms with Crippen LogP contribution in [0.3, 0.4) is 0 Å². The second-order valence-electron chi connectivity index (χ2n) is 6.71. The van der Waals surface area contributed by atoms with E-state index in [0.29, 0.717) is 17.1 Å². The second-order valence-corrected chi connectivity index (χ2v) is 8.24. The molecule has 0 aliphatic carbocycles. The van der Waals surface area contributed by atoms with Gasteiger partial charge in [0.2, 0.25) is 15.9 Å². The molecule has 13 heteroatoms. The summed E-state index contributed by atoms with van der Waals surface area (Å²) < 4.78 is 90.6. The van der Waals surface area contributed by atoms with Crippen molar-refractivity contribution in [3.05, 3.63) is 77.1 Å². The Morgan fingerprint density at radius 1 is 1.06 bits per heavy atom. The lowest BCUT2D eigenvalue weighted by molar-refractivity contribution is -0.137. The number of nitrogens with zero attached hydrogens (tertiary/aromatic N) is 2. The molecule has 1 aromatic heterocycles. The summed E-state index contributed by atoms with van der Waals surface area (Å²) in [6, 6.07) is 8.20. The third kappa shape index (κ3) is 4.62. The lowest BCUT2D eigenvalue weighted by Crippen LogP contribution is -2.24. The Morgan fingerprint density at radius 3 is 2.19 bits per heavy atom. The monoisotopic (exact) mass is 474 g/mol. The molecule has 1 unspecified atom stereocenters. The van der Waals surface area contributed by atoms with Crippen LogP contribution in [0.4, 0.5) is 22.0 Å². The SMILES string of the molecule is NC(=O)C(c1ccc(-n2cc(C(F)(F)F)cn2)c(S(N)(=O)=O)c1)c1ccccc1C(F)F. The Balaban J connectivity index is 2.21. The van der Waals surface area contributed by atoms with Gasteiger partial charge in [-0.2, -0.15) is 18.3 Å². The maximum Gasteiger partial charge on any atom is 0.419 e. The van der Waals surface area contributed by atoms with Crippen molar-refractivity contribution in [3.63, 3.8) is 0 Å². The van der Waals surface area contributed by atoms with Crippen LogP contribution in [-0.4, -0.2) is 24.1 Å². The molecule has 0 aliphatic rings. The van der Waals surface area contributed by atoms with Crippen molar-refractivity contribution < 1.29 is 35.2 Å². The number of sulfonamides is 1. The zero-order chi connectivity index (χ0) is 23.8. The van der Waals surface area contributed by atoms with E-state index in [4.69, 9.17) is 10.9 Å². The molecule has 1 atom stereocenters. The van der Waals surface area contributed by atoms with Crippen LogP contribution in [0, 0.1) is 0 Å². The molecule has 4 N–H and O–H groups in total. The minimum Gasteiger partial charge on any atom is -0.369 e. The van der Waals surface area contributed by atoms with E-state index in [9.17, 15) is 35.2 Å². The first-order valence-corrected chi connectivity index (χ1v) is 10.3. The molecule has 0 aliphatic heterocycles.